The molecule has 14 heteroatoms. The number of aromatic nitrogens is 3. The van der Waals surface area contributed by atoms with Gasteiger partial charge >= 0.3 is 0 Å². The molecule has 1 aliphatic heterocycles. The lowest BCUT2D eigenvalue weighted by Gasteiger charge is -2.38. The second-order valence-corrected chi connectivity index (χ2v) is 15.1. The molecular weight excluding hydrogens is 653 g/mol. The topological polar surface area (TPSA) is 123 Å². The summed E-state index contributed by atoms with van der Waals surface area (Å²) in [6.45, 7) is 5.34. The van der Waals surface area contributed by atoms with Gasteiger partial charge in [-0.2, -0.15) is 0 Å². The number of sulfonamides is 1. The van der Waals surface area contributed by atoms with Gasteiger partial charge in [0.05, 0.1) is 34.3 Å². The monoisotopic (exact) mass is 687 g/mol. The summed E-state index contributed by atoms with van der Waals surface area (Å²) in [5, 5.41) is 2.06. The minimum Gasteiger partial charge on any atom is -0.491 e. The summed E-state index contributed by atoms with van der Waals surface area (Å²) in [5.74, 6) is 0.386. The quantitative estimate of drug-likeness (QED) is 0.279. The first-order valence-electron chi connectivity index (χ1n) is 15.2. The van der Waals surface area contributed by atoms with E-state index < -0.39 is 22.1 Å². The number of nitrogens with zero attached hydrogens (tertiary/aromatic N) is 4. The molecule has 1 unspecified atom stereocenters. The lowest BCUT2D eigenvalue weighted by molar-refractivity contribution is 0.0907. The second-order valence-electron chi connectivity index (χ2n) is 12.0. The molecule has 1 fully saturated rings. The number of amides is 1. The highest BCUT2D eigenvalue weighted by Crippen LogP contribution is 2.40. The van der Waals surface area contributed by atoms with Gasteiger partial charge in [-0.1, -0.05) is 11.6 Å². The van der Waals surface area contributed by atoms with Crippen molar-refractivity contribution in [1.82, 2.24) is 24.2 Å². The number of aryl methyl sites for hydroxylation is 3. The van der Waals surface area contributed by atoms with Crippen molar-refractivity contribution < 1.29 is 22.3 Å². The van der Waals surface area contributed by atoms with Gasteiger partial charge in [0.25, 0.3) is 11.5 Å². The van der Waals surface area contributed by atoms with Gasteiger partial charge in [0.15, 0.2) is 0 Å². The predicted octanol–water partition coefficient (Wildman–Crippen LogP) is 4.85. The maximum Gasteiger partial charge on any atom is 0.267 e. The Kier molecular flexibility index (Phi) is 9.21. The van der Waals surface area contributed by atoms with E-state index in [9.17, 15) is 22.4 Å². The number of hydrogen-bond acceptors (Lipinski definition) is 9. The molecule has 1 aliphatic carbocycles. The number of ether oxygens (including phenoxy) is 1. The minimum absolute atomic E-state index is 0.0779. The molecule has 4 heterocycles. The molecule has 1 saturated heterocycles. The molecular formula is C32H35ClFN5O5S2. The summed E-state index contributed by atoms with van der Waals surface area (Å²) in [4.78, 5) is 37.9. The summed E-state index contributed by atoms with van der Waals surface area (Å²) in [7, 11) is -3.76. The third kappa shape index (κ3) is 6.83. The summed E-state index contributed by atoms with van der Waals surface area (Å²) in [6, 6.07) is 7.24. The van der Waals surface area contributed by atoms with Crippen LogP contribution < -0.4 is 15.0 Å². The van der Waals surface area contributed by atoms with E-state index in [-0.39, 0.29) is 30.3 Å². The average Bonchev–Trinajstić information content (AvgIpc) is 3.42. The van der Waals surface area contributed by atoms with E-state index in [2.05, 4.69) is 9.88 Å². The van der Waals surface area contributed by atoms with Crippen molar-refractivity contribution in [3.8, 4) is 16.9 Å². The number of piperidine rings is 1. The summed E-state index contributed by atoms with van der Waals surface area (Å²) in [5.41, 5.74) is 4.01. The molecule has 3 aromatic heterocycles. The van der Waals surface area contributed by atoms with Crippen LogP contribution in [-0.2, 0) is 29.4 Å². The standard InChI is InChI=1S/C32H35ClFN5O5S2/c1-18-13-24(30-29(35-18)26(17-45-30)31(40)37-46(3,42)43)23-14-20(33)6-9-28(23)44-12-11-39-19(2)36-27-8-7-22(15-25(27)32(39)41)38-10-4-5-21(34)16-38/h6,9,13-14,17,21-22H,4-5,7-8,10-12,15-16H2,1-3H3,(H,37,40)/t21-,22?/m0/s1. The Bertz CT molecular complexity index is 2000. The Morgan fingerprint density at radius 1 is 1.20 bits per heavy atom. The van der Waals surface area contributed by atoms with E-state index in [1.807, 2.05) is 17.7 Å². The lowest BCUT2D eigenvalue weighted by Crippen LogP contribution is -2.47. The molecule has 0 saturated carbocycles. The van der Waals surface area contributed by atoms with Crippen molar-refractivity contribution in [2.45, 2.75) is 64.7 Å². The second kappa shape index (κ2) is 13.0. The van der Waals surface area contributed by atoms with Crippen molar-refractivity contribution in [1.29, 1.82) is 0 Å². The van der Waals surface area contributed by atoms with Crippen molar-refractivity contribution in [3.05, 3.63) is 73.4 Å². The molecule has 1 N–H and O–H groups in total. The van der Waals surface area contributed by atoms with Crippen LogP contribution in [0.3, 0.4) is 0 Å². The van der Waals surface area contributed by atoms with Crippen LogP contribution in [0.25, 0.3) is 21.3 Å². The van der Waals surface area contributed by atoms with Gasteiger partial charge in [-0.3, -0.25) is 24.0 Å². The third-order valence-corrected chi connectivity index (χ3v) is 10.4. The van der Waals surface area contributed by atoms with Crippen LogP contribution in [0.15, 0.2) is 34.4 Å². The van der Waals surface area contributed by atoms with Crippen LogP contribution in [0.4, 0.5) is 4.39 Å². The molecule has 2 aliphatic rings. The highest BCUT2D eigenvalue weighted by atomic mass is 35.5. The summed E-state index contributed by atoms with van der Waals surface area (Å²) < 4.78 is 48.1. The Morgan fingerprint density at radius 2 is 2.00 bits per heavy atom. The van der Waals surface area contributed by atoms with Gasteiger partial charge in [-0.25, -0.2) is 22.5 Å². The van der Waals surface area contributed by atoms with E-state index in [0.29, 0.717) is 69.4 Å². The molecule has 0 spiro atoms. The van der Waals surface area contributed by atoms with Gasteiger partial charge in [0.1, 0.15) is 24.4 Å². The van der Waals surface area contributed by atoms with E-state index in [1.165, 1.54) is 11.3 Å². The predicted molar refractivity (Wildman–Crippen MR) is 177 cm³/mol. The van der Waals surface area contributed by atoms with Crippen molar-refractivity contribution in [2.75, 3.05) is 26.0 Å². The number of rotatable bonds is 8. The van der Waals surface area contributed by atoms with Gasteiger partial charge < -0.3 is 4.74 Å². The minimum atomic E-state index is -3.76. The fraction of sp³-hybridized carbons (Fsp3) is 0.438. The van der Waals surface area contributed by atoms with Crippen molar-refractivity contribution in [2.24, 2.45) is 0 Å². The number of fused-ring (bicyclic) bond motifs is 2. The molecule has 4 aromatic rings. The highest BCUT2D eigenvalue weighted by Gasteiger charge is 2.31. The Hall–Kier alpha value is -3.39. The molecule has 46 heavy (non-hydrogen) atoms. The summed E-state index contributed by atoms with van der Waals surface area (Å²) >= 11 is 7.69. The van der Waals surface area contributed by atoms with Crippen LogP contribution in [0.1, 0.15) is 52.4 Å². The molecule has 0 radical (unpaired) electrons. The Balaban J connectivity index is 1.25. The van der Waals surface area contributed by atoms with Crippen LogP contribution in [0.5, 0.6) is 5.75 Å². The SMILES string of the molecule is Cc1cc(-c2cc(Cl)ccc2OCCn2c(C)nc3c(c2=O)CC(N2CCC[C@H](F)C2)CC3)c2scc(C(=O)NS(C)(=O)=O)c2n1. The molecule has 1 amide bonds. The maximum absolute atomic E-state index is 14.1. The van der Waals surface area contributed by atoms with Gasteiger partial charge in [-0.05, 0) is 76.8 Å². The normalized spacial score (nSPS) is 18.8. The van der Waals surface area contributed by atoms with Crippen LogP contribution in [0, 0.1) is 13.8 Å². The van der Waals surface area contributed by atoms with Crippen LogP contribution in [0.2, 0.25) is 5.02 Å². The van der Waals surface area contributed by atoms with Gasteiger partial charge in [0.2, 0.25) is 10.0 Å². The van der Waals surface area contributed by atoms with Crippen LogP contribution in [-0.4, -0.2) is 71.9 Å². The molecule has 2 atom stereocenters. The number of pyridine rings is 1. The zero-order valence-corrected chi connectivity index (χ0v) is 28.2. The molecule has 0 bridgehead atoms. The number of halogens is 2. The zero-order valence-electron chi connectivity index (χ0n) is 25.8. The molecule has 244 valence electrons. The molecule has 1 aromatic carbocycles. The summed E-state index contributed by atoms with van der Waals surface area (Å²) in [6.07, 6.45) is 3.68. The largest absolute Gasteiger partial charge is 0.491 e. The maximum atomic E-state index is 14.1. The van der Waals surface area contributed by atoms with Crippen LogP contribution >= 0.6 is 22.9 Å². The first-order chi connectivity index (χ1) is 21.9. The Morgan fingerprint density at radius 3 is 2.76 bits per heavy atom. The average molecular weight is 688 g/mol. The smallest absolute Gasteiger partial charge is 0.267 e. The number of likely N-dealkylation sites (tertiary alicyclic amines) is 1. The first-order valence-corrected chi connectivity index (χ1v) is 18.3. The van der Waals surface area contributed by atoms with Crippen molar-refractivity contribution in [3.63, 3.8) is 0 Å². The number of carbonyl (C=O) groups is 1. The number of alkyl halides is 1. The molecule has 6 rings (SSSR count). The number of hydrogen-bond donors (Lipinski definition) is 1. The van der Waals surface area contributed by atoms with E-state index >= 15 is 0 Å². The first kappa shape index (κ1) is 32.5. The Labute approximate surface area is 275 Å². The third-order valence-electron chi connectivity index (χ3n) is 8.58. The fourth-order valence-electron chi connectivity index (χ4n) is 6.48. The van der Waals surface area contributed by atoms with Crippen molar-refractivity contribution >= 4 is 49.1 Å². The number of carbonyl (C=O) groups excluding carboxylic acids is 1. The highest BCUT2D eigenvalue weighted by molar-refractivity contribution is 7.89. The van der Waals surface area contributed by atoms with E-state index in [0.717, 1.165) is 36.9 Å². The van der Waals surface area contributed by atoms with Gasteiger partial charge in [-0.15, -0.1) is 11.3 Å². The lowest BCUT2D eigenvalue weighted by atomic mass is 9.90. The fourth-order valence-corrected chi connectivity index (χ4v) is 8.11. The number of thiophene rings is 1. The van der Waals surface area contributed by atoms with E-state index in [1.54, 1.807) is 35.1 Å². The zero-order chi connectivity index (χ0) is 32.7. The van der Waals surface area contributed by atoms with Gasteiger partial charge in [0, 0.05) is 45.4 Å². The number of benzene rings is 1. The number of nitrogens with one attached hydrogen (secondary N) is 1. The van der Waals surface area contributed by atoms with E-state index in [4.69, 9.17) is 21.3 Å². The molecule has 10 nitrogen and oxygen atoms in total.